The van der Waals surface area contributed by atoms with Crippen molar-refractivity contribution in [3.63, 3.8) is 0 Å². The van der Waals surface area contributed by atoms with Gasteiger partial charge in [-0.1, -0.05) is 33.6 Å². The Labute approximate surface area is 125 Å². The summed E-state index contributed by atoms with van der Waals surface area (Å²) in [5.41, 5.74) is 0. The summed E-state index contributed by atoms with van der Waals surface area (Å²) in [6.45, 7) is 10.8. The van der Waals surface area contributed by atoms with Gasteiger partial charge in [0.05, 0.1) is 12.7 Å². The lowest BCUT2D eigenvalue weighted by molar-refractivity contribution is -0.0304. The Balaban J connectivity index is 0.000000459. The molecule has 1 saturated heterocycles. The van der Waals surface area contributed by atoms with Gasteiger partial charge in [-0.15, -0.1) is 11.8 Å². The van der Waals surface area contributed by atoms with E-state index < -0.39 is 0 Å². The first-order valence-corrected chi connectivity index (χ1v) is 8.86. The number of ether oxygens (including phenoxy) is 1. The fourth-order valence-corrected chi connectivity index (χ4v) is 2.72. The molecule has 0 aromatic rings. The third-order valence-corrected chi connectivity index (χ3v) is 3.77. The summed E-state index contributed by atoms with van der Waals surface area (Å²) >= 11 is 1.86. The molecular formula is C15H34N2OS. The van der Waals surface area contributed by atoms with E-state index in [1.54, 1.807) is 0 Å². The van der Waals surface area contributed by atoms with Gasteiger partial charge in [-0.25, -0.2) is 0 Å². The fraction of sp³-hybridized carbons (Fsp3) is 1.00. The highest BCUT2D eigenvalue weighted by molar-refractivity contribution is 7.98. The van der Waals surface area contributed by atoms with Crippen LogP contribution in [-0.4, -0.2) is 68.4 Å². The van der Waals surface area contributed by atoms with Crippen LogP contribution in [0.2, 0.25) is 0 Å². The number of hydrogen-bond donors (Lipinski definition) is 0. The summed E-state index contributed by atoms with van der Waals surface area (Å²) in [5.74, 6) is 1.99. The van der Waals surface area contributed by atoms with Gasteiger partial charge in [-0.3, -0.25) is 4.90 Å². The Morgan fingerprint density at radius 2 is 2.11 bits per heavy atom. The third-order valence-electron chi connectivity index (χ3n) is 3.07. The van der Waals surface area contributed by atoms with Gasteiger partial charge in [0.15, 0.2) is 0 Å². The molecule has 19 heavy (non-hydrogen) atoms. The molecule has 1 heterocycles. The molecule has 0 aromatic heterocycles. The average molecular weight is 291 g/mol. The first kappa shape index (κ1) is 19.2. The number of nitrogens with zero attached hydrogens (tertiary/aromatic N) is 2. The van der Waals surface area contributed by atoms with E-state index in [4.69, 9.17) is 4.74 Å². The highest BCUT2D eigenvalue weighted by Gasteiger charge is 2.18. The molecule has 4 heteroatoms. The van der Waals surface area contributed by atoms with Crippen LogP contribution in [0.5, 0.6) is 0 Å². The molecule has 0 saturated carbocycles. The van der Waals surface area contributed by atoms with E-state index >= 15 is 0 Å². The standard InChI is InChI=1S/C9H20N2OS.C6H14/c1-10-4-5-12-9(6-10)7-11(2)8-13-3;1-4-5-6(2)3/h9H,4-8H2,1-3H3;6H,4-5H2,1-3H3. The molecule has 0 spiro atoms. The van der Waals surface area contributed by atoms with Gasteiger partial charge in [0.2, 0.25) is 0 Å². The zero-order valence-electron chi connectivity index (χ0n) is 13.8. The summed E-state index contributed by atoms with van der Waals surface area (Å²) in [4.78, 5) is 4.65. The van der Waals surface area contributed by atoms with Crippen molar-refractivity contribution in [3.05, 3.63) is 0 Å². The maximum absolute atomic E-state index is 5.67. The molecular weight excluding hydrogens is 256 g/mol. The molecule has 1 aliphatic heterocycles. The normalized spacial score (nSPS) is 20.5. The van der Waals surface area contributed by atoms with Crippen molar-refractivity contribution < 1.29 is 4.74 Å². The van der Waals surface area contributed by atoms with Crippen molar-refractivity contribution in [1.29, 1.82) is 0 Å². The maximum atomic E-state index is 5.67. The predicted octanol–water partition coefficient (Wildman–Crippen LogP) is 3.01. The monoisotopic (exact) mass is 290 g/mol. The van der Waals surface area contributed by atoms with Gasteiger partial charge < -0.3 is 9.64 Å². The zero-order valence-corrected chi connectivity index (χ0v) is 14.6. The second kappa shape index (κ2) is 12.0. The predicted molar refractivity (Wildman–Crippen MR) is 88.0 cm³/mol. The number of morpholine rings is 1. The van der Waals surface area contributed by atoms with Gasteiger partial charge >= 0.3 is 0 Å². The zero-order chi connectivity index (χ0) is 14.7. The fourth-order valence-electron chi connectivity index (χ4n) is 2.18. The molecule has 1 aliphatic rings. The van der Waals surface area contributed by atoms with Crippen LogP contribution in [-0.2, 0) is 4.74 Å². The highest BCUT2D eigenvalue weighted by Crippen LogP contribution is 2.06. The van der Waals surface area contributed by atoms with E-state index in [0.29, 0.717) is 6.10 Å². The minimum absolute atomic E-state index is 0.399. The van der Waals surface area contributed by atoms with Gasteiger partial charge in [-0.05, 0) is 26.3 Å². The summed E-state index contributed by atoms with van der Waals surface area (Å²) in [5, 5.41) is 0. The number of hydrogen-bond acceptors (Lipinski definition) is 4. The van der Waals surface area contributed by atoms with Crippen LogP contribution in [0.4, 0.5) is 0 Å². The number of thioether (sulfide) groups is 1. The van der Waals surface area contributed by atoms with Gasteiger partial charge in [-0.2, -0.15) is 0 Å². The summed E-state index contributed by atoms with van der Waals surface area (Å²) in [6.07, 6.45) is 5.23. The van der Waals surface area contributed by atoms with E-state index in [1.807, 2.05) is 11.8 Å². The molecule has 3 nitrogen and oxygen atoms in total. The molecule has 116 valence electrons. The number of likely N-dealkylation sites (N-methyl/N-ethyl adjacent to an activating group) is 2. The molecule has 0 radical (unpaired) electrons. The quantitative estimate of drug-likeness (QED) is 0.699. The first-order valence-electron chi connectivity index (χ1n) is 7.47. The van der Waals surface area contributed by atoms with Gasteiger partial charge in [0, 0.05) is 25.5 Å². The molecule has 0 aliphatic carbocycles. The largest absolute Gasteiger partial charge is 0.374 e. The average Bonchev–Trinajstić information content (AvgIpc) is 2.29. The molecule has 1 fully saturated rings. The Kier molecular flexibility index (Phi) is 12.2. The summed E-state index contributed by atoms with van der Waals surface area (Å²) < 4.78 is 5.67. The molecule has 1 atom stereocenters. The van der Waals surface area contributed by atoms with Crippen LogP contribution in [0, 0.1) is 5.92 Å². The van der Waals surface area contributed by atoms with Crippen LogP contribution in [0.25, 0.3) is 0 Å². The SMILES string of the molecule is CCCC(C)C.CSCN(C)CC1CN(C)CCO1. The van der Waals surface area contributed by atoms with Crippen molar-refractivity contribution in [2.75, 3.05) is 52.5 Å². The maximum Gasteiger partial charge on any atom is 0.0829 e. The second-order valence-corrected chi connectivity index (χ2v) is 6.73. The molecule has 0 amide bonds. The van der Waals surface area contributed by atoms with Crippen molar-refractivity contribution in [2.24, 2.45) is 5.92 Å². The summed E-state index contributed by atoms with van der Waals surface area (Å²) in [7, 11) is 4.30. The molecule has 0 aromatic carbocycles. The Morgan fingerprint density at radius 3 is 2.53 bits per heavy atom. The third kappa shape index (κ3) is 11.7. The Morgan fingerprint density at radius 1 is 1.42 bits per heavy atom. The lowest BCUT2D eigenvalue weighted by Gasteiger charge is -2.32. The van der Waals surface area contributed by atoms with Crippen molar-refractivity contribution >= 4 is 11.8 Å². The van der Waals surface area contributed by atoms with Crippen LogP contribution in [0.1, 0.15) is 33.6 Å². The molecule has 0 N–H and O–H groups in total. The highest BCUT2D eigenvalue weighted by atomic mass is 32.2. The lowest BCUT2D eigenvalue weighted by Crippen LogP contribution is -2.45. The minimum Gasteiger partial charge on any atom is -0.374 e. The van der Waals surface area contributed by atoms with Crippen LogP contribution < -0.4 is 0 Å². The number of rotatable bonds is 6. The van der Waals surface area contributed by atoms with E-state index in [1.165, 1.54) is 12.8 Å². The van der Waals surface area contributed by atoms with E-state index in [9.17, 15) is 0 Å². The van der Waals surface area contributed by atoms with Gasteiger partial charge in [0.1, 0.15) is 0 Å². The van der Waals surface area contributed by atoms with E-state index in [0.717, 1.165) is 38.0 Å². The molecule has 0 bridgehead atoms. The smallest absolute Gasteiger partial charge is 0.0829 e. The van der Waals surface area contributed by atoms with Gasteiger partial charge in [0.25, 0.3) is 0 Å². The van der Waals surface area contributed by atoms with Crippen LogP contribution >= 0.6 is 11.8 Å². The van der Waals surface area contributed by atoms with Crippen LogP contribution in [0.3, 0.4) is 0 Å². The first-order chi connectivity index (χ1) is 8.99. The van der Waals surface area contributed by atoms with Crippen molar-refractivity contribution in [2.45, 2.75) is 39.7 Å². The van der Waals surface area contributed by atoms with Crippen LogP contribution in [0.15, 0.2) is 0 Å². The van der Waals surface area contributed by atoms with E-state index in [-0.39, 0.29) is 0 Å². The summed E-state index contributed by atoms with van der Waals surface area (Å²) in [6, 6.07) is 0. The lowest BCUT2D eigenvalue weighted by atomic mass is 10.1. The van der Waals surface area contributed by atoms with Crippen molar-refractivity contribution in [3.8, 4) is 0 Å². The molecule has 1 unspecified atom stereocenters. The second-order valence-electron chi connectivity index (χ2n) is 5.89. The Bertz CT molecular complexity index is 203. The Hall–Kier alpha value is 0.230. The van der Waals surface area contributed by atoms with E-state index in [2.05, 4.69) is 50.9 Å². The molecule has 1 rings (SSSR count). The minimum atomic E-state index is 0.399. The topological polar surface area (TPSA) is 15.7 Å². The van der Waals surface area contributed by atoms with Crippen molar-refractivity contribution in [1.82, 2.24) is 9.80 Å².